The second kappa shape index (κ2) is 5.55. The van der Waals surface area contributed by atoms with Gasteiger partial charge < -0.3 is 14.7 Å². The number of anilines is 1. The largest absolute Gasteiger partial charge is 0.352 e. The van der Waals surface area contributed by atoms with Crippen LogP contribution in [0.5, 0.6) is 0 Å². The summed E-state index contributed by atoms with van der Waals surface area (Å²) in [6.45, 7) is 6.09. The molecule has 2 saturated heterocycles. The van der Waals surface area contributed by atoms with Gasteiger partial charge in [0.2, 0.25) is 11.8 Å². The molecule has 0 aliphatic carbocycles. The summed E-state index contributed by atoms with van der Waals surface area (Å²) in [6.07, 6.45) is 1.57. The van der Waals surface area contributed by atoms with Gasteiger partial charge in [0.15, 0.2) is 0 Å². The Bertz CT molecular complexity index is 603. The Labute approximate surface area is 129 Å². The van der Waals surface area contributed by atoms with Crippen molar-refractivity contribution in [3.05, 3.63) is 18.1 Å². The molecule has 0 N–H and O–H groups in total. The number of carbonyl (C=O) groups is 2. The molecule has 2 aliphatic rings. The summed E-state index contributed by atoms with van der Waals surface area (Å²) in [6, 6.07) is 1.57. The predicted molar refractivity (Wildman–Crippen MR) is 81.5 cm³/mol. The minimum Gasteiger partial charge on any atom is -0.352 e. The Morgan fingerprint density at radius 1 is 1.23 bits per heavy atom. The van der Waals surface area contributed by atoms with E-state index in [-0.39, 0.29) is 18.4 Å². The fourth-order valence-electron chi connectivity index (χ4n) is 2.98. The zero-order chi connectivity index (χ0) is 15.9. The van der Waals surface area contributed by atoms with Crippen molar-refractivity contribution >= 4 is 17.6 Å². The maximum Gasteiger partial charge on any atom is 0.247 e. The highest BCUT2D eigenvalue weighted by atomic mass is 16.2. The molecule has 22 heavy (non-hydrogen) atoms. The average molecular weight is 303 g/mol. The molecule has 0 spiro atoms. The smallest absolute Gasteiger partial charge is 0.247 e. The van der Waals surface area contributed by atoms with Gasteiger partial charge in [0.05, 0.1) is 6.54 Å². The number of nitrogens with zero attached hydrogens (tertiary/aromatic N) is 5. The van der Waals surface area contributed by atoms with Crippen molar-refractivity contribution in [2.75, 3.05) is 38.1 Å². The zero-order valence-electron chi connectivity index (χ0n) is 13.2. The van der Waals surface area contributed by atoms with Gasteiger partial charge in [-0.2, -0.15) is 0 Å². The fourth-order valence-corrected chi connectivity index (χ4v) is 2.98. The van der Waals surface area contributed by atoms with E-state index in [1.54, 1.807) is 18.3 Å². The Morgan fingerprint density at radius 2 is 2.00 bits per heavy atom. The third kappa shape index (κ3) is 2.51. The predicted octanol–water partition coefficient (Wildman–Crippen LogP) is 0.0892. The molecular formula is C15H21N5O2. The van der Waals surface area contributed by atoms with E-state index in [0.29, 0.717) is 25.6 Å². The molecule has 3 rings (SSSR count). The lowest BCUT2D eigenvalue weighted by Gasteiger charge is -2.45. The molecule has 7 nitrogen and oxygen atoms in total. The molecule has 1 aromatic heterocycles. The van der Waals surface area contributed by atoms with Crippen LogP contribution in [0.3, 0.4) is 0 Å². The van der Waals surface area contributed by atoms with Gasteiger partial charge in [-0.3, -0.25) is 9.59 Å². The average Bonchev–Trinajstić information content (AvgIpc) is 2.52. The van der Waals surface area contributed by atoms with E-state index in [2.05, 4.69) is 28.7 Å². The summed E-state index contributed by atoms with van der Waals surface area (Å²) in [4.78, 5) is 38.3. The number of carbonyl (C=O) groups excluding carboxylic acids is 2. The summed E-state index contributed by atoms with van der Waals surface area (Å²) in [5, 5.41) is 0. The van der Waals surface area contributed by atoms with Crippen LogP contribution < -0.4 is 4.90 Å². The SMILES string of the molecule is CC(C)c1cc(N2CCN3C(=O)CN(C)C(=O)[C@H]3C2)ncn1. The van der Waals surface area contributed by atoms with Crippen molar-refractivity contribution in [2.45, 2.75) is 25.8 Å². The van der Waals surface area contributed by atoms with Crippen molar-refractivity contribution in [3.8, 4) is 0 Å². The maximum absolute atomic E-state index is 12.3. The second-order valence-corrected chi connectivity index (χ2v) is 6.20. The summed E-state index contributed by atoms with van der Waals surface area (Å²) in [5.41, 5.74) is 0.982. The number of aromatic nitrogens is 2. The highest BCUT2D eigenvalue weighted by molar-refractivity contribution is 5.95. The Kier molecular flexibility index (Phi) is 3.72. The van der Waals surface area contributed by atoms with Crippen LogP contribution in [0.1, 0.15) is 25.5 Å². The lowest BCUT2D eigenvalue weighted by molar-refractivity contribution is -0.154. The molecule has 2 fully saturated rings. The van der Waals surface area contributed by atoms with Gasteiger partial charge in [-0.25, -0.2) is 9.97 Å². The van der Waals surface area contributed by atoms with Gasteiger partial charge in [-0.05, 0) is 5.92 Å². The Morgan fingerprint density at radius 3 is 2.73 bits per heavy atom. The molecule has 2 amide bonds. The first kappa shape index (κ1) is 14.7. The molecule has 0 aromatic carbocycles. The first-order chi connectivity index (χ1) is 10.5. The molecule has 1 aromatic rings. The number of hydrogen-bond acceptors (Lipinski definition) is 5. The lowest BCUT2D eigenvalue weighted by Crippen LogP contribution is -2.66. The number of piperazine rings is 2. The molecule has 0 unspecified atom stereocenters. The van der Waals surface area contributed by atoms with E-state index in [9.17, 15) is 9.59 Å². The molecule has 0 saturated carbocycles. The van der Waals surface area contributed by atoms with Gasteiger partial charge in [0.1, 0.15) is 18.2 Å². The molecule has 2 aliphatic heterocycles. The van der Waals surface area contributed by atoms with Crippen molar-refractivity contribution < 1.29 is 9.59 Å². The van der Waals surface area contributed by atoms with Crippen LogP contribution in [0, 0.1) is 0 Å². The highest BCUT2D eigenvalue weighted by Gasteiger charge is 2.41. The number of fused-ring (bicyclic) bond motifs is 1. The van der Waals surface area contributed by atoms with Crippen molar-refractivity contribution in [1.82, 2.24) is 19.8 Å². The number of hydrogen-bond donors (Lipinski definition) is 0. The molecule has 1 atom stereocenters. The third-order valence-electron chi connectivity index (χ3n) is 4.32. The van der Waals surface area contributed by atoms with E-state index < -0.39 is 6.04 Å². The lowest BCUT2D eigenvalue weighted by atomic mass is 10.1. The van der Waals surface area contributed by atoms with Gasteiger partial charge in [0.25, 0.3) is 0 Å². The number of rotatable bonds is 2. The summed E-state index contributed by atoms with van der Waals surface area (Å²) < 4.78 is 0. The topological polar surface area (TPSA) is 69.6 Å². The normalized spacial score (nSPS) is 22.4. The molecule has 118 valence electrons. The highest BCUT2D eigenvalue weighted by Crippen LogP contribution is 2.22. The standard InChI is InChI=1S/C15H21N5O2/c1-10(2)11-6-13(17-9-16-11)19-4-5-20-12(7-19)15(22)18(3)8-14(20)21/h6,9-10,12H,4-5,7-8H2,1-3H3/t12-/m1/s1. The summed E-state index contributed by atoms with van der Waals surface area (Å²) in [5.74, 6) is 1.18. The van der Waals surface area contributed by atoms with E-state index in [1.165, 1.54) is 4.90 Å². The first-order valence-electron chi connectivity index (χ1n) is 7.58. The van der Waals surface area contributed by atoms with Crippen molar-refractivity contribution in [3.63, 3.8) is 0 Å². The Hall–Kier alpha value is -2.18. The van der Waals surface area contributed by atoms with Crippen LogP contribution in [-0.4, -0.2) is 70.9 Å². The molecule has 7 heteroatoms. The minimum atomic E-state index is -0.405. The van der Waals surface area contributed by atoms with Crippen LogP contribution >= 0.6 is 0 Å². The van der Waals surface area contributed by atoms with Gasteiger partial charge in [-0.1, -0.05) is 13.8 Å². The van der Waals surface area contributed by atoms with Gasteiger partial charge in [-0.15, -0.1) is 0 Å². The minimum absolute atomic E-state index is 0.00226. The summed E-state index contributed by atoms with van der Waals surface area (Å²) >= 11 is 0. The molecule has 0 bridgehead atoms. The third-order valence-corrected chi connectivity index (χ3v) is 4.32. The van der Waals surface area contributed by atoms with E-state index in [4.69, 9.17) is 0 Å². The Balaban J connectivity index is 1.82. The second-order valence-electron chi connectivity index (χ2n) is 6.20. The number of amides is 2. The van der Waals surface area contributed by atoms with Gasteiger partial charge in [0, 0.05) is 38.4 Å². The van der Waals surface area contributed by atoms with Crippen LogP contribution in [-0.2, 0) is 9.59 Å². The summed E-state index contributed by atoms with van der Waals surface area (Å²) in [7, 11) is 1.68. The van der Waals surface area contributed by atoms with Crippen LogP contribution in [0.15, 0.2) is 12.4 Å². The van der Waals surface area contributed by atoms with Crippen molar-refractivity contribution in [2.24, 2.45) is 0 Å². The van der Waals surface area contributed by atoms with E-state index in [1.807, 2.05) is 6.07 Å². The van der Waals surface area contributed by atoms with Crippen LogP contribution in [0.25, 0.3) is 0 Å². The quantitative estimate of drug-likeness (QED) is 0.774. The van der Waals surface area contributed by atoms with Crippen LogP contribution in [0.4, 0.5) is 5.82 Å². The van der Waals surface area contributed by atoms with E-state index >= 15 is 0 Å². The molecule has 3 heterocycles. The van der Waals surface area contributed by atoms with Crippen LogP contribution in [0.2, 0.25) is 0 Å². The van der Waals surface area contributed by atoms with Crippen molar-refractivity contribution in [1.29, 1.82) is 0 Å². The van der Waals surface area contributed by atoms with Gasteiger partial charge >= 0.3 is 0 Å². The number of likely N-dealkylation sites (N-methyl/N-ethyl adjacent to an activating group) is 1. The fraction of sp³-hybridized carbons (Fsp3) is 0.600. The molecular weight excluding hydrogens is 282 g/mol. The monoisotopic (exact) mass is 303 g/mol. The first-order valence-corrected chi connectivity index (χ1v) is 7.58. The van der Waals surface area contributed by atoms with E-state index in [0.717, 1.165) is 11.5 Å². The zero-order valence-corrected chi connectivity index (χ0v) is 13.2. The molecule has 0 radical (unpaired) electrons. The maximum atomic E-state index is 12.3.